The second-order valence-electron chi connectivity index (χ2n) is 10.8. The molecule has 1 amide bonds. The summed E-state index contributed by atoms with van der Waals surface area (Å²) < 4.78 is -0.795. The van der Waals surface area contributed by atoms with E-state index >= 15 is 0 Å². The molecule has 0 unspecified atom stereocenters. The average Bonchev–Trinajstić information content (AvgIpc) is 2.86. The van der Waals surface area contributed by atoms with Crippen LogP contribution < -0.4 is 5.73 Å². The molecule has 0 atom stereocenters. The lowest BCUT2D eigenvalue weighted by Crippen LogP contribution is -2.39. The molecule has 0 saturated heterocycles. The number of carboxylic acid groups (broad SMARTS) is 1. The number of carboxylic acids is 1. The van der Waals surface area contributed by atoms with Gasteiger partial charge in [-0.3, -0.25) is 9.59 Å². The third kappa shape index (κ3) is 11.4. The van der Waals surface area contributed by atoms with Gasteiger partial charge in [-0.05, 0) is 69.7 Å². The second-order valence-corrected chi connectivity index (χ2v) is 12.5. The van der Waals surface area contributed by atoms with Crippen molar-refractivity contribution in [2.75, 3.05) is 13.1 Å². The third-order valence-corrected chi connectivity index (χ3v) is 8.82. The summed E-state index contributed by atoms with van der Waals surface area (Å²) in [4.78, 5) is 23.8. The van der Waals surface area contributed by atoms with E-state index in [0.717, 1.165) is 29.8 Å². The Kier molecular flexibility index (Phi) is 13.8. The highest BCUT2D eigenvalue weighted by Crippen LogP contribution is 2.33. The van der Waals surface area contributed by atoms with Gasteiger partial charge in [0.05, 0.1) is 0 Å². The summed E-state index contributed by atoms with van der Waals surface area (Å²) in [6, 6.07) is 9.37. The fourth-order valence-electron chi connectivity index (χ4n) is 5.48. The molecule has 3 N–H and O–H groups in total. The number of thioether (sulfide) groups is 1. The van der Waals surface area contributed by atoms with Crippen LogP contribution in [-0.2, 0) is 16.0 Å². The van der Waals surface area contributed by atoms with Gasteiger partial charge in [0, 0.05) is 17.5 Å². The fraction of sp³-hybridized carbons (Fsp3) is 0.724. The summed E-state index contributed by atoms with van der Waals surface area (Å²) >= 11 is 1.43. The minimum Gasteiger partial charge on any atom is -0.480 e. The molecule has 0 spiro atoms. The van der Waals surface area contributed by atoms with E-state index in [9.17, 15) is 9.90 Å². The molecular formula is C29H48N2O3S. The molecule has 6 heteroatoms. The van der Waals surface area contributed by atoms with Crippen molar-refractivity contribution >= 4 is 24.1 Å². The van der Waals surface area contributed by atoms with E-state index in [4.69, 9.17) is 4.79 Å². The number of carbonyl (C=O) groups excluding carboxylic acids is 1. The first-order valence-corrected chi connectivity index (χ1v) is 14.6. The van der Waals surface area contributed by atoms with Crippen LogP contribution in [0.25, 0.3) is 0 Å². The van der Waals surface area contributed by atoms with Crippen molar-refractivity contribution < 1.29 is 14.7 Å². The molecule has 5 nitrogen and oxygen atoms in total. The Morgan fingerprint density at radius 1 is 1.00 bits per heavy atom. The maximum Gasteiger partial charge on any atom is 0.319 e. The van der Waals surface area contributed by atoms with Crippen molar-refractivity contribution in [3.05, 3.63) is 29.8 Å². The van der Waals surface area contributed by atoms with Crippen LogP contribution in [0.2, 0.25) is 0 Å². The number of rotatable bonds is 12. The van der Waals surface area contributed by atoms with Gasteiger partial charge in [0.2, 0.25) is 6.41 Å². The largest absolute Gasteiger partial charge is 0.480 e. The number of hydrogen-bond acceptors (Lipinski definition) is 4. The van der Waals surface area contributed by atoms with Crippen molar-refractivity contribution in [1.29, 1.82) is 0 Å². The zero-order valence-electron chi connectivity index (χ0n) is 22.1. The number of amides is 1. The Morgan fingerprint density at radius 3 is 2.14 bits per heavy atom. The zero-order chi connectivity index (χ0) is 25.5. The lowest BCUT2D eigenvalue weighted by atomic mass is 9.86. The van der Waals surface area contributed by atoms with Gasteiger partial charge in [-0.25, -0.2) is 0 Å². The van der Waals surface area contributed by atoms with Gasteiger partial charge in [-0.15, -0.1) is 11.8 Å². The molecule has 3 rings (SSSR count). The molecule has 0 aliphatic heterocycles. The van der Waals surface area contributed by atoms with Crippen molar-refractivity contribution in [3.63, 3.8) is 0 Å². The highest BCUT2D eigenvalue weighted by molar-refractivity contribution is 8.01. The molecular weight excluding hydrogens is 456 g/mol. The van der Waals surface area contributed by atoms with Gasteiger partial charge >= 0.3 is 5.97 Å². The van der Waals surface area contributed by atoms with Crippen molar-refractivity contribution in [2.24, 2.45) is 11.7 Å². The van der Waals surface area contributed by atoms with E-state index in [1.165, 1.54) is 107 Å². The molecule has 198 valence electrons. The van der Waals surface area contributed by atoms with Crippen LogP contribution in [-0.4, -0.2) is 46.3 Å². The number of aliphatic carboxylic acids is 1. The minimum atomic E-state index is -0.795. The number of unbranched alkanes of at least 4 members (excludes halogenated alkanes) is 1. The van der Waals surface area contributed by atoms with Crippen LogP contribution >= 0.6 is 11.8 Å². The van der Waals surface area contributed by atoms with Crippen molar-refractivity contribution in [1.82, 2.24) is 4.90 Å². The van der Waals surface area contributed by atoms with E-state index in [1.807, 2.05) is 0 Å². The monoisotopic (exact) mass is 504 g/mol. The Hall–Kier alpha value is -1.53. The standard InChI is InChI=1S/C28H45NO2S.CH3NO/c1-28(2,27(30)31)32-26-18-16-24(17-19-26)20-22-29(25-14-7-4-8-15-25)21-10-9-13-23-11-5-3-6-12-23;2-1-3/h16-19,23,25H,3-15,20-22H2,1-2H3,(H,30,31);1H,(H2,2,3). The van der Waals surface area contributed by atoms with Gasteiger partial charge in [0.25, 0.3) is 0 Å². The summed E-state index contributed by atoms with van der Waals surface area (Å²) in [6.07, 6.45) is 19.8. The first kappa shape index (κ1) is 29.7. The molecule has 2 fully saturated rings. The van der Waals surface area contributed by atoms with E-state index < -0.39 is 10.7 Å². The number of benzene rings is 1. The lowest BCUT2D eigenvalue weighted by Gasteiger charge is -2.34. The van der Waals surface area contributed by atoms with E-state index in [2.05, 4.69) is 34.9 Å². The molecule has 2 aliphatic carbocycles. The lowest BCUT2D eigenvalue weighted by molar-refractivity contribution is -0.138. The second kappa shape index (κ2) is 16.3. The SMILES string of the molecule is CC(C)(Sc1ccc(CCN(CCCCC2CCCCC2)C2CCCCC2)cc1)C(=O)O.NC=O. The Bertz CT molecular complexity index is 726. The molecule has 1 aromatic rings. The average molecular weight is 505 g/mol. The molecule has 0 heterocycles. The molecule has 2 saturated carbocycles. The van der Waals surface area contributed by atoms with Crippen LogP contribution in [0.4, 0.5) is 0 Å². The van der Waals surface area contributed by atoms with Crippen LogP contribution in [0.5, 0.6) is 0 Å². The molecule has 0 bridgehead atoms. The summed E-state index contributed by atoms with van der Waals surface area (Å²) in [5, 5.41) is 9.36. The van der Waals surface area contributed by atoms with Crippen molar-refractivity contribution in [2.45, 2.75) is 119 Å². The minimum absolute atomic E-state index is 0.250. The summed E-state index contributed by atoms with van der Waals surface area (Å²) in [6.45, 7) is 5.95. The van der Waals surface area contributed by atoms with Gasteiger partial charge < -0.3 is 15.7 Å². The van der Waals surface area contributed by atoms with E-state index in [1.54, 1.807) is 13.8 Å². The first-order chi connectivity index (χ1) is 16.9. The quantitative estimate of drug-likeness (QED) is 0.189. The van der Waals surface area contributed by atoms with Crippen LogP contribution in [0.1, 0.15) is 103 Å². The van der Waals surface area contributed by atoms with Gasteiger partial charge in [-0.2, -0.15) is 0 Å². The molecule has 2 aliphatic rings. The van der Waals surface area contributed by atoms with Gasteiger partial charge in [-0.1, -0.05) is 76.3 Å². The van der Waals surface area contributed by atoms with Crippen molar-refractivity contribution in [3.8, 4) is 0 Å². The maximum absolute atomic E-state index is 11.4. The fourth-order valence-corrected chi connectivity index (χ4v) is 6.43. The van der Waals surface area contributed by atoms with Crippen LogP contribution in [0.3, 0.4) is 0 Å². The Labute approximate surface area is 217 Å². The summed E-state index contributed by atoms with van der Waals surface area (Å²) in [5.74, 6) is 0.243. The topological polar surface area (TPSA) is 83.6 Å². The molecule has 35 heavy (non-hydrogen) atoms. The van der Waals surface area contributed by atoms with Crippen LogP contribution in [0, 0.1) is 5.92 Å². The third-order valence-electron chi connectivity index (χ3n) is 7.62. The molecule has 0 radical (unpaired) electrons. The highest BCUT2D eigenvalue weighted by Gasteiger charge is 2.28. The van der Waals surface area contributed by atoms with Gasteiger partial charge in [0.15, 0.2) is 0 Å². The number of primary amides is 1. The highest BCUT2D eigenvalue weighted by atomic mass is 32.2. The maximum atomic E-state index is 11.4. The number of nitrogens with two attached hydrogens (primary N) is 1. The number of carbonyl (C=O) groups is 2. The number of nitrogens with zero attached hydrogens (tertiary/aromatic N) is 1. The van der Waals surface area contributed by atoms with E-state index in [0.29, 0.717) is 0 Å². The first-order valence-electron chi connectivity index (χ1n) is 13.8. The Morgan fingerprint density at radius 2 is 1.57 bits per heavy atom. The predicted octanol–water partition coefficient (Wildman–Crippen LogP) is 6.67. The summed E-state index contributed by atoms with van der Waals surface area (Å²) in [7, 11) is 0. The smallest absolute Gasteiger partial charge is 0.319 e. The van der Waals surface area contributed by atoms with Gasteiger partial charge in [0.1, 0.15) is 4.75 Å². The Balaban J connectivity index is 0.00000137. The zero-order valence-corrected chi connectivity index (χ0v) is 22.9. The molecule has 0 aromatic heterocycles. The normalized spacial score (nSPS) is 17.6. The van der Waals surface area contributed by atoms with Crippen LogP contribution in [0.15, 0.2) is 29.2 Å². The number of hydrogen-bond donors (Lipinski definition) is 2. The predicted molar refractivity (Wildman–Crippen MR) is 147 cm³/mol. The molecule has 1 aromatic carbocycles. The van der Waals surface area contributed by atoms with E-state index in [-0.39, 0.29) is 6.41 Å². The summed E-state index contributed by atoms with van der Waals surface area (Å²) in [5.41, 5.74) is 5.53.